The lowest BCUT2D eigenvalue weighted by Crippen LogP contribution is -2.12. The van der Waals surface area contributed by atoms with Crippen molar-refractivity contribution in [3.8, 4) is 0 Å². The first kappa shape index (κ1) is 9.89. The molecule has 0 radical (unpaired) electrons. The van der Waals surface area contributed by atoms with Gasteiger partial charge in [-0.2, -0.15) is 0 Å². The summed E-state index contributed by atoms with van der Waals surface area (Å²) in [4.78, 5) is 7.57. The molecule has 1 heterocycles. The minimum Gasteiger partial charge on any atom is -0.354 e. The van der Waals surface area contributed by atoms with E-state index in [1.54, 1.807) is 0 Å². The average Bonchev–Trinajstić information content (AvgIpc) is 2.16. The number of hydrogen-bond donors (Lipinski definition) is 1. The molecule has 72 valence electrons. The van der Waals surface area contributed by atoms with Gasteiger partial charge in [-0.25, -0.2) is 14.4 Å². The molecule has 0 aliphatic heterocycles. The third kappa shape index (κ3) is 3.36. The van der Waals surface area contributed by atoms with Gasteiger partial charge in [0.25, 0.3) is 0 Å². The Morgan fingerprint density at radius 2 is 2.08 bits per heavy atom. The third-order valence-electron chi connectivity index (χ3n) is 1.93. The highest BCUT2D eigenvalue weighted by atomic mass is 19.1. The van der Waals surface area contributed by atoms with Crippen molar-refractivity contribution in [3.63, 3.8) is 0 Å². The molecule has 1 atom stereocenters. The molecule has 0 saturated heterocycles. The van der Waals surface area contributed by atoms with Crippen molar-refractivity contribution >= 4 is 5.95 Å². The zero-order valence-electron chi connectivity index (χ0n) is 7.92. The summed E-state index contributed by atoms with van der Waals surface area (Å²) in [6.45, 7) is 5.08. The van der Waals surface area contributed by atoms with Crippen LogP contribution in [0.2, 0.25) is 0 Å². The molecule has 1 aromatic heterocycles. The van der Waals surface area contributed by atoms with Gasteiger partial charge in [0.1, 0.15) is 0 Å². The first-order valence-electron chi connectivity index (χ1n) is 4.43. The topological polar surface area (TPSA) is 37.8 Å². The van der Waals surface area contributed by atoms with Crippen LogP contribution in [0.15, 0.2) is 12.4 Å². The van der Waals surface area contributed by atoms with Crippen LogP contribution in [0.4, 0.5) is 10.3 Å². The summed E-state index contributed by atoms with van der Waals surface area (Å²) < 4.78 is 12.4. The van der Waals surface area contributed by atoms with Gasteiger partial charge in [0.15, 0.2) is 5.82 Å². The Hall–Kier alpha value is -1.19. The molecule has 1 unspecified atom stereocenters. The van der Waals surface area contributed by atoms with E-state index in [0.29, 0.717) is 11.9 Å². The van der Waals surface area contributed by atoms with Crippen molar-refractivity contribution in [3.05, 3.63) is 18.2 Å². The van der Waals surface area contributed by atoms with Crippen LogP contribution in [0, 0.1) is 11.7 Å². The van der Waals surface area contributed by atoms with Crippen molar-refractivity contribution in [2.24, 2.45) is 5.92 Å². The van der Waals surface area contributed by atoms with Crippen LogP contribution in [-0.4, -0.2) is 16.5 Å². The van der Waals surface area contributed by atoms with Gasteiger partial charge in [-0.05, 0) is 5.92 Å². The minimum absolute atomic E-state index is 0.408. The quantitative estimate of drug-likeness (QED) is 0.776. The Morgan fingerprint density at radius 1 is 1.46 bits per heavy atom. The molecule has 1 rings (SSSR count). The summed E-state index contributed by atoms with van der Waals surface area (Å²) in [6.07, 6.45) is 3.42. The Morgan fingerprint density at radius 3 is 2.62 bits per heavy atom. The molecule has 3 nitrogen and oxygen atoms in total. The fraction of sp³-hybridized carbons (Fsp3) is 0.556. The number of rotatable bonds is 4. The number of hydrogen-bond acceptors (Lipinski definition) is 3. The molecule has 4 heteroatoms. The van der Waals surface area contributed by atoms with E-state index in [9.17, 15) is 4.39 Å². The molecule has 0 aromatic carbocycles. The molecule has 0 aliphatic carbocycles. The molecule has 0 spiro atoms. The highest BCUT2D eigenvalue weighted by Gasteiger charge is 2.00. The van der Waals surface area contributed by atoms with Crippen LogP contribution >= 0.6 is 0 Å². The van der Waals surface area contributed by atoms with E-state index in [0.717, 1.165) is 25.4 Å². The summed E-state index contributed by atoms with van der Waals surface area (Å²) in [5, 5.41) is 3.03. The highest BCUT2D eigenvalue weighted by molar-refractivity contribution is 5.22. The summed E-state index contributed by atoms with van der Waals surface area (Å²) in [5.74, 6) is 0.657. The number of nitrogens with one attached hydrogen (secondary N) is 1. The molecular formula is C9H14FN3. The van der Waals surface area contributed by atoms with Crippen LogP contribution in [0.25, 0.3) is 0 Å². The highest BCUT2D eigenvalue weighted by Crippen LogP contribution is 2.03. The van der Waals surface area contributed by atoms with Crippen molar-refractivity contribution in [1.29, 1.82) is 0 Å². The molecule has 0 bridgehead atoms. The summed E-state index contributed by atoms with van der Waals surface area (Å²) >= 11 is 0. The zero-order chi connectivity index (χ0) is 9.68. The smallest absolute Gasteiger partial charge is 0.222 e. The maximum absolute atomic E-state index is 12.4. The van der Waals surface area contributed by atoms with E-state index in [4.69, 9.17) is 0 Å². The monoisotopic (exact) mass is 183 g/mol. The normalized spacial score (nSPS) is 12.5. The first-order chi connectivity index (χ1) is 6.22. The van der Waals surface area contributed by atoms with E-state index in [-0.39, 0.29) is 0 Å². The average molecular weight is 183 g/mol. The predicted octanol–water partition coefficient (Wildman–Crippen LogP) is 2.07. The van der Waals surface area contributed by atoms with Gasteiger partial charge in [0, 0.05) is 6.54 Å². The van der Waals surface area contributed by atoms with Crippen LogP contribution < -0.4 is 5.32 Å². The Labute approximate surface area is 77.4 Å². The predicted molar refractivity (Wildman–Crippen MR) is 49.9 cm³/mol. The Bertz CT molecular complexity index is 248. The molecule has 1 aromatic rings. The van der Waals surface area contributed by atoms with Gasteiger partial charge in [0.05, 0.1) is 12.4 Å². The van der Waals surface area contributed by atoms with Crippen molar-refractivity contribution in [2.45, 2.75) is 20.3 Å². The van der Waals surface area contributed by atoms with E-state index in [1.165, 1.54) is 0 Å². The van der Waals surface area contributed by atoms with Crippen LogP contribution in [0.5, 0.6) is 0 Å². The molecule has 0 amide bonds. The molecule has 0 fully saturated rings. The zero-order valence-corrected chi connectivity index (χ0v) is 7.92. The lowest BCUT2D eigenvalue weighted by Gasteiger charge is -2.08. The summed E-state index contributed by atoms with van der Waals surface area (Å²) in [6, 6.07) is 0. The fourth-order valence-electron chi connectivity index (χ4n) is 0.813. The lowest BCUT2D eigenvalue weighted by molar-refractivity contribution is 0.588. The van der Waals surface area contributed by atoms with Gasteiger partial charge < -0.3 is 5.32 Å². The van der Waals surface area contributed by atoms with Crippen molar-refractivity contribution < 1.29 is 4.39 Å². The largest absolute Gasteiger partial charge is 0.354 e. The molecule has 0 aliphatic rings. The molecular weight excluding hydrogens is 169 g/mol. The standard InChI is InChI=1S/C9H14FN3/c1-3-7(2)4-11-9-12-5-8(10)6-13-9/h5-7H,3-4H2,1-2H3,(H,11,12,13). The van der Waals surface area contributed by atoms with Gasteiger partial charge in [0.2, 0.25) is 5.95 Å². The van der Waals surface area contributed by atoms with Gasteiger partial charge in [-0.1, -0.05) is 20.3 Å². The maximum atomic E-state index is 12.4. The number of nitrogens with zero attached hydrogens (tertiary/aromatic N) is 2. The van der Waals surface area contributed by atoms with Gasteiger partial charge >= 0.3 is 0 Å². The van der Waals surface area contributed by atoms with E-state index in [1.807, 2.05) is 0 Å². The second-order valence-corrected chi connectivity index (χ2v) is 3.12. The fourth-order valence-corrected chi connectivity index (χ4v) is 0.813. The van der Waals surface area contributed by atoms with Crippen molar-refractivity contribution in [2.75, 3.05) is 11.9 Å². The van der Waals surface area contributed by atoms with Crippen LogP contribution in [0.3, 0.4) is 0 Å². The number of aromatic nitrogens is 2. The molecule has 13 heavy (non-hydrogen) atoms. The molecule has 1 N–H and O–H groups in total. The number of halogens is 1. The Balaban J connectivity index is 2.41. The second kappa shape index (κ2) is 4.74. The maximum Gasteiger partial charge on any atom is 0.222 e. The SMILES string of the molecule is CCC(C)CNc1ncc(F)cn1. The first-order valence-corrected chi connectivity index (χ1v) is 4.43. The van der Waals surface area contributed by atoms with Crippen molar-refractivity contribution in [1.82, 2.24) is 9.97 Å². The van der Waals surface area contributed by atoms with E-state index < -0.39 is 5.82 Å². The van der Waals surface area contributed by atoms with Gasteiger partial charge in [-0.3, -0.25) is 0 Å². The van der Waals surface area contributed by atoms with Crippen LogP contribution in [0.1, 0.15) is 20.3 Å². The Kier molecular flexibility index (Phi) is 3.61. The summed E-state index contributed by atoms with van der Waals surface area (Å²) in [7, 11) is 0. The lowest BCUT2D eigenvalue weighted by atomic mass is 10.1. The minimum atomic E-state index is -0.408. The number of anilines is 1. The molecule has 0 saturated carbocycles. The van der Waals surface area contributed by atoms with E-state index >= 15 is 0 Å². The third-order valence-corrected chi connectivity index (χ3v) is 1.93. The summed E-state index contributed by atoms with van der Waals surface area (Å²) in [5.41, 5.74) is 0. The van der Waals surface area contributed by atoms with Crippen LogP contribution in [-0.2, 0) is 0 Å². The second-order valence-electron chi connectivity index (χ2n) is 3.12. The van der Waals surface area contributed by atoms with Gasteiger partial charge in [-0.15, -0.1) is 0 Å². The van der Waals surface area contributed by atoms with E-state index in [2.05, 4.69) is 29.1 Å².